The molecule has 33 heavy (non-hydrogen) atoms. The Morgan fingerprint density at radius 3 is 1.73 bits per heavy atom. The summed E-state index contributed by atoms with van der Waals surface area (Å²) >= 11 is 0. The molecule has 0 saturated heterocycles. The van der Waals surface area contributed by atoms with E-state index in [0.717, 1.165) is 9.80 Å². The molecule has 2 N–H and O–H groups in total. The Morgan fingerprint density at radius 2 is 1.30 bits per heavy atom. The van der Waals surface area contributed by atoms with Crippen molar-refractivity contribution in [3.05, 3.63) is 24.3 Å². The van der Waals surface area contributed by atoms with Crippen molar-refractivity contribution < 1.29 is 38.9 Å². The van der Waals surface area contributed by atoms with Crippen LogP contribution in [0.3, 0.4) is 0 Å². The summed E-state index contributed by atoms with van der Waals surface area (Å²) in [6.45, 7) is 14.9. The Kier molecular flexibility index (Phi) is 13.2. The number of imide groups is 2. The smallest absolute Gasteiger partial charge is 0.416 e. The summed E-state index contributed by atoms with van der Waals surface area (Å²) in [7, 11) is 0. The SMILES string of the molecule is C=C(C)C(=O)N(CCC(C)(C)CC(C)CN(C(=O)OCCO)C(=O)C(=C)C)C(=O)OCCO. The van der Waals surface area contributed by atoms with E-state index in [0.29, 0.717) is 12.8 Å². The summed E-state index contributed by atoms with van der Waals surface area (Å²) in [5, 5.41) is 17.7. The Hall–Kier alpha value is -2.72. The molecule has 0 saturated carbocycles. The number of rotatable bonds is 13. The van der Waals surface area contributed by atoms with Crippen LogP contribution in [-0.2, 0) is 19.1 Å². The molecule has 0 aromatic carbocycles. The second kappa shape index (κ2) is 14.4. The predicted octanol–water partition coefficient (Wildman–Crippen LogP) is 2.50. The molecular formula is C23H38N2O8. The van der Waals surface area contributed by atoms with Crippen LogP contribution >= 0.6 is 0 Å². The van der Waals surface area contributed by atoms with Gasteiger partial charge in [0.15, 0.2) is 0 Å². The molecule has 1 atom stereocenters. The van der Waals surface area contributed by atoms with E-state index in [-0.39, 0.29) is 62.0 Å². The van der Waals surface area contributed by atoms with Crippen LogP contribution < -0.4 is 0 Å². The van der Waals surface area contributed by atoms with Crippen LogP contribution in [0.4, 0.5) is 9.59 Å². The summed E-state index contributed by atoms with van der Waals surface area (Å²) in [5.74, 6) is -1.27. The van der Waals surface area contributed by atoms with E-state index in [1.807, 2.05) is 20.8 Å². The van der Waals surface area contributed by atoms with E-state index >= 15 is 0 Å². The topological polar surface area (TPSA) is 134 Å². The molecule has 1 unspecified atom stereocenters. The summed E-state index contributed by atoms with van der Waals surface area (Å²) in [6.07, 6.45) is -0.730. The summed E-state index contributed by atoms with van der Waals surface area (Å²) in [5.41, 5.74) is -0.0211. The average molecular weight is 471 g/mol. The largest absolute Gasteiger partial charge is 0.447 e. The van der Waals surface area contributed by atoms with Gasteiger partial charge in [-0.15, -0.1) is 0 Å². The van der Waals surface area contributed by atoms with Crippen molar-refractivity contribution in [1.82, 2.24) is 9.80 Å². The molecule has 0 aromatic heterocycles. The molecule has 0 fully saturated rings. The van der Waals surface area contributed by atoms with E-state index in [2.05, 4.69) is 13.2 Å². The maximum atomic E-state index is 12.4. The molecule has 0 spiro atoms. The monoisotopic (exact) mass is 470 g/mol. The van der Waals surface area contributed by atoms with E-state index in [4.69, 9.17) is 19.7 Å². The number of carbonyl (C=O) groups excluding carboxylic acids is 4. The zero-order valence-corrected chi connectivity index (χ0v) is 20.4. The van der Waals surface area contributed by atoms with E-state index < -0.39 is 24.0 Å². The van der Waals surface area contributed by atoms with Crippen molar-refractivity contribution in [2.24, 2.45) is 11.3 Å². The van der Waals surface area contributed by atoms with Crippen molar-refractivity contribution in [2.45, 2.75) is 47.5 Å². The molecule has 0 aliphatic heterocycles. The molecule has 10 heteroatoms. The van der Waals surface area contributed by atoms with Crippen LogP contribution in [0.2, 0.25) is 0 Å². The lowest BCUT2D eigenvalue weighted by Crippen LogP contribution is -2.42. The lowest BCUT2D eigenvalue weighted by Gasteiger charge is -2.32. The van der Waals surface area contributed by atoms with Gasteiger partial charge in [0.1, 0.15) is 13.2 Å². The quantitative estimate of drug-likeness (QED) is 0.392. The van der Waals surface area contributed by atoms with E-state index in [1.165, 1.54) is 13.8 Å². The maximum Gasteiger partial charge on any atom is 0.416 e. The number of nitrogens with zero attached hydrogens (tertiary/aromatic N) is 2. The number of ether oxygens (including phenoxy) is 2. The average Bonchev–Trinajstić information content (AvgIpc) is 2.72. The fourth-order valence-corrected chi connectivity index (χ4v) is 3.23. The van der Waals surface area contributed by atoms with Crippen molar-refractivity contribution >= 4 is 24.0 Å². The fraction of sp³-hybridized carbons (Fsp3) is 0.652. The number of hydrogen-bond donors (Lipinski definition) is 2. The minimum Gasteiger partial charge on any atom is -0.447 e. The molecule has 0 heterocycles. The molecule has 10 nitrogen and oxygen atoms in total. The molecule has 0 aliphatic rings. The summed E-state index contributed by atoms with van der Waals surface area (Å²) in [4.78, 5) is 51.2. The predicted molar refractivity (Wildman–Crippen MR) is 122 cm³/mol. The molecule has 0 rings (SSSR count). The second-order valence-electron chi connectivity index (χ2n) is 8.83. The van der Waals surface area contributed by atoms with Gasteiger partial charge in [0, 0.05) is 24.2 Å². The van der Waals surface area contributed by atoms with Crippen molar-refractivity contribution in [1.29, 1.82) is 0 Å². The van der Waals surface area contributed by atoms with Gasteiger partial charge >= 0.3 is 12.2 Å². The number of amides is 4. The summed E-state index contributed by atoms with van der Waals surface area (Å²) < 4.78 is 9.78. The first-order valence-electron chi connectivity index (χ1n) is 10.8. The normalized spacial score (nSPS) is 11.8. The van der Waals surface area contributed by atoms with Gasteiger partial charge in [-0.3, -0.25) is 9.59 Å². The first-order valence-corrected chi connectivity index (χ1v) is 10.8. The molecule has 4 amide bonds. The fourth-order valence-electron chi connectivity index (χ4n) is 3.23. The Balaban J connectivity index is 5.25. The number of aliphatic hydroxyl groups excluding tert-OH is 2. The van der Waals surface area contributed by atoms with Crippen LogP contribution in [0, 0.1) is 11.3 Å². The molecule has 0 radical (unpaired) electrons. The highest BCUT2D eigenvalue weighted by Gasteiger charge is 2.31. The Bertz CT molecular complexity index is 732. The minimum atomic E-state index is -0.856. The first-order chi connectivity index (χ1) is 15.3. The van der Waals surface area contributed by atoms with E-state index in [9.17, 15) is 19.2 Å². The van der Waals surface area contributed by atoms with Gasteiger partial charge in [-0.1, -0.05) is 33.9 Å². The van der Waals surface area contributed by atoms with Crippen LogP contribution in [0.5, 0.6) is 0 Å². The van der Waals surface area contributed by atoms with Crippen molar-refractivity contribution in [3.8, 4) is 0 Å². The third-order valence-corrected chi connectivity index (χ3v) is 4.70. The van der Waals surface area contributed by atoms with Crippen LogP contribution in [0.25, 0.3) is 0 Å². The lowest BCUT2D eigenvalue weighted by molar-refractivity contribution is -0.127. The standard InChI is InChI=1S/C23H38N2O8/c1-16(2)19(28)24(21(30)32-12-10-26)9-8-23(6,7)14-18(5)15-25(20(29)17(3)4)22(31)33-13-11-27/h18,26-27H,1,3,8-15H2,2,4-7H3. The third-order valence-electron chi connectivity index (χ3n) is 4.70. The molecule has 0 bridgehead atoms. The highest BCUT2D eigenvalue weighted by atomic mass is 16.6. The van der Waals surface area contributed by atoms with E-state index in [1.54, 1.807) is 0 Å². The van der Waals surface area contributed by atoms with Gasteiger partial charge in [-0.2, -0.15) is 0 Å². The van der Waals surface area contributed by atoms with Crippen molar-refractivity contribution in [3.63, 3.8) is 0 Å². The zero-order valence-electron chi connectivity index (χ0n) is 20.4. The van der Waals surface area contributed by atoms with Crippen LogP contribution in [0.1, 0.15) is 47.5 Å². The van der Waals surface area contributed by atoms with Crippen LogP contribution in [0.15, 0.2) is 24.3 Å². The number of aliphatic hydroxyl groups is 2. The number of carbonyl (C=O) groups is 4. The molecule has 0 aromatic rings. The van der Waals surface area contributed by atoms with Gasteiger partial charge in [0.2, 0.25) is 0 Å². The van der Waals surface area contributed by atoms with Gasteiger partial charge in [-0.25, -0.2) is 19.4 Å². The Morgan fingerprint density at radius 1 is 0.879 bits per heavy atom. The molecular weight excluding hydrogens is 432 g/mol. The highest BCUT2D eigenvalue weighted by molar-refractivity contribution is 6.02. The van der Waals surface area contributed by atoms with Crippen molar-refractivity contribution in [2.75, 3.05) is 39.5 Å². The zero-order chi connectivity index (χ0) is 25.8. The first kappa shape index (κ1) is 30.3. The maximum absolute atomic E-state index is 12.4. The van der Waals surface area contributed by atoms with Gasteiger partial charge < -0.3 is 19.7 Å². The minimum absolute atomic E-state index is 0.0721. The lowest BCUT2D eigenvalue weighted by atomic mass is 9.80. The van der Waals surface area contributed by atoms with Crippen LogP contribution in [-0.4, -0.2) is 83.5 Å². The summed E-state index contributed by atoms with van der Waals surface area (Å²) in [6, 6.07) is 0. The molecule has 188 valence electrons. The number of hydrogen-bond acceptors (Lipinski definition) is 8. The highest BCUT2D eigenvalue weighted by Crippen LogP contribution is 2.30. The Labute approximate surface area is 195 Å². The van der Waals surface area contributed by atoms with Gasteiger partial charge in [0.05, 0.1) is 13.2 Å². The molecule has 0 aliphatic carbocycles. The second-order valence-corrected chi connectivity index (χ2v) is 8.83. The van der Waals surface area contributed by atoms with Gasteiger partial charge in [-0.05, 0) is 38.0 Å². The third kappa shape index (κ3) is 11.1. The van der Waals surface area contributed by atoms with Gasteiger partial charge in [0.25, 0.3) is 11.8 Å².